The largest absolute Gasteiger partial charge is 0.282 e. The van der Waals surface area contributed by atoms with Crippen molar-refractivity contribution < 1.29 is 0 Å². The van der Waals surface area contributed by atoms with E-state index in [0.717, 1.165) is 28.1 Å². The summed E-state index contributed by atoms with van der Waals surface area (Å²) in [5.41, 5.74) is 3.84. The lowest BCUT2D eigenvalue weighted by Gasteiger charge is -2.07. The quantitative estimate of drug-likeness (QED) is 0.629. The van der Waals surface area contributed by atoms with Crippen molar-refractivity contribution in [3.05, 3.63) is 54.1 Å². The number of benzene rings is 1. The number of fused-ring (bicyclic) bond motifs is 1. The van der Waals surface area contributed by atoms with Gasteiger partial charge in [0.05, 0.1) is 11.2 Å². The monoisotopic (exact) mass is 316 g/mol. The molecule has 0 spiro atoms. The van der Waals surface area contributed by atoms with E-state index in [1.807, 2.05) is 29.8 Å². The van der Waals surface area contributed by atoms with Crippen LogP contribution in [0.25, 0.3) is 28.1 Å². The molecule has 1 saturated carbocycles. The van der Waals surface area contributed by atoms with Crippen LogP contribution in [0.1, 0.15) is 30.3 Å². The lowest BCUT2D eigenvalue weighted by atomic mass is 10.2. The van der Waals surface area contributed by atoms with Crippen molar-refractivity contribution in [2.24, 2.45) is 0 Å². The average molecular weight is 316 g/mol. The maximum Gasteiger partial charge on any atom is 0.183 e. The molecule has 118 valence electrons. The van der Waals surface area contributed by atoms with E-state index in [0.29, 0.717) is 11.7 Å². The van der Waals surface area contributed by atoms with Gasteiger partial charge in [0.2, 0.25) is 0 Å². The Labute approximate surface area is 138 Å². The molecule has 24 heavy (non-hydrogen) atoms. The number of H-pyrrole nitrogens is 1. The maximum absolute atomic E-state index is 4.60. The number of nitrogens with one attached hydrogen (secondary N) is 1. The van der Waals surface area contributed by atoms with E-state index >= 15 is 0 Å². The highest BCUT2D eigenvalue weighted by Crippen LogP contribution is 2.40. The third kappa shape index (κ3) is 2.11. The Bertz CT molecular complexity index is 1040. The SMILES string of the molecule is Cc1nc(-c2cc(C3CC3)[nH]n2)n(-c2cccc3cccnc23)n1. The highest BCUT2D eigenvalue weighted by atomic mass is 15.4. The fraction of sp³-hybridized carbons (Fsp3) is 0.222. The summed E-state index contributed by atoms with van der Waals surface area (Å²) in [7, 11) is 0. The third-order valence-electron chi connectivity index (χ3n) is 4.40. The Kier molecular flexibility index (Phi) is 2.79. The van der Waals surface area contributed by atoms with Gasteiger partial charge in [0.25, 0.3) is 0 Å². The summed E-state index contributed by atoms with van der Waals surface area (Å²) in [6.07, 6.45) is 4.27. The first kappa shape index (κ1) is 13.4. The van der Waals surface area contributed by atoms with Crippen LogP contribution in [0.4, 0.5) is 0 Å². The molecule has 1 N–H and O–H groups in total. The van der Waals surface area contributed by atoms with Crippen molar-refractivity contribution in [1.29, 1.82) is 0 Å². The van der Waals surface area contributed by atoms with Gasteiger partial charge in [-0.25, -0.2) is 9.67 Å². The Morgan fingerprint density at radius 1 is 1.17 bits per heavy atom. The number of aromatic amines is 1. The van der Waals surface area contributed by atoms with Crippen LogP contribution < -0.4 is 0 Å². The van der Waals surface area contributed by atoms with Crippen LogP contribution in [0.2, 0.25) is 0 Å². The molecule has 0 bridgehead atoms. The van der Waals surface area contributed by atoms with Crippen molar-refractivity contribution in [2.45, 2.75) is 25.7 Å². The molecule has 0 amide bonds. The molecule has 0 unspecified atom stereocenters. The van der Waals surface area contributed by atoms with Crippen molar-refractivity contribution in [3.8, 4) is 17.2 Å². The highest BCUT2D eigenvalue weighted by molar-refractivity contribution is 5.86. The first-order chi connectivity index (χ1) is 11.8. The Morgan fingerprint density at radius 2 is 2.04 bits per heavy atom. The summed E-state index contributed by atoms with van der Waals surface area (Å²) in [4.78, 5) is 9.13. The molecule has 5 rings (SSSR count). The van der Waals surface area contributed by atoms with E-state index < -0.39 is 0 Å². The molecular weight excluding hydrogens is 300 g/mol. The van der Waals surface area contributed by atoms with Crippen LogP contribution in [0.3, 0.4) is 0 Å². The Hall–Kier alpha value is -3.02. The van der Waals surface area contributed by atoms with Gasteiger partial charge in [-0.3, -0.25) is 10.1 Å². The van der Waals surface area contributed by atoms with Crippen LogP contribution >= 0.6 is 0 Å². The first-order valence-corrected chi connectivity index (χ1v) is 8.13. The zero-order valence-electron chi connectivity index (χ0n) is 13.3. The predicted molar refractivity (Wildman–Crippen MR) is 91.0 cm³/mol. The number of para-hydroxylation sites is 1. The summed E-state index contributed by atoms with van der Waals surface area (Å²) < 4.78 is 1.84. The van der Waals surface area contributed by atoms with Crippen LogP contribution in [0, 0.1) is 6.92 Å². The van der Waals surface area contributed by atoms with Crippen molar-refractivity contribution in [3.63, 3.8) is 0 Å². The molecule has 0 aliphatic heterocycles. The summed E-state index contributed by atoms with van der Waals surface area (Å²) in [6, 6.07) is 12.2. The minimum Gasteiger partial charge on any atom is -0.282 e. The predicted octanol–water partition coefficient (Wildman–Crippen LogP) is 3.39. The lowest BCUT2D eigenvalue weighted by molar-refractivity contribution is 0.868. The van der Waals surface area contributed by atoms with E-state index in [1.165, 1.54) is 18.5 Å². The summed E-state index contributed by atoms with van der Waals surface area (Å²) in [5, 5.41) is 13.3. The van der Waals surface area contributed by atoms with Gasteiger partial charge in [-0.05, 0) is 38.0 Å². The molecule has 6 nitrogen and oxygen atoms in total. The Balaban J connectivity index is 1.70. The van der Waals surface area contributed by atoms with Crippen LogP contribution in [0.5, 0.6) is 0 Å². The molecule has 1 aromatic carbocycles. The van der Waals surface area contributed by atoms with E-state index in [4.69, 9.17) is 0 Å². The summed E-state index contributed by atoms with van der Waals surface area (Å²) in [6.45, 7) is 1.90. The van der Waals surface area contributed by atoms with Gasteiger partial charge in [-0.1, -0.05) is 18.2 Å². The summed E-state index contributed by atoms with van der Waals surface area (Å²) in [5.74, 6) is 2.09. The molecule has 0 saturated heterocycles. The zero-order valence-corrected chi connectivity index (χ0v) is 13.3. The molecule has 6 heteroatoms. The number of hydrogen-bond donors (Lipinski definition) is 1. The van der Waals surface area contributed by atoms with Gasteiger partial charge < -0.3 is 0 Å². The van der Waals surface area contributed by atoms with Gasteiger partial charge in [-0.2, -0.15) is 10.2 Å². The van der Waals surface area contributed by atoms with Gasteiger partial charge in [0.15, 0.2) is 5.82 Å². The zero-order chi connectivity index (χ0) is 16.1. The van der Waals surface area contributed by atoms with Crippen LogP contribution in [-0.2, 0) is 0 Å². The second kappa shape index (κ2) is 4.99. The van der Waals surface area contributed by atoms with Crippen LogP contribution in [-0.4, -0.2) is 29.9 Å². The molecule has 3 heterocycles. The number of aryl methyl sites for hydroxylation is 1. The molecule has 1 aliphatic carbocycles. The number of rotatable bonds is 3. The lowest BCUT2D eigenvalue weighted by Crippen LogP contribution is -2.01. The topological polar surface area (TPSA) is 72.3 Å². The van der Waals surface area contributed by atoms with Gasteiger partial charge in [0.1, 0.15) is 11.5 Å². The average Bonchev–Trinajstić information content (AvgIpc) is 3.21. The van der Waals surface area contributed by atoms with Crippen molar-refractivity contribution >= 4 is 10.9 Å². The summed E-state index contributed by atoms with van der Waals surface area (Å²) >= 11 is 0. The molecule has 1 fully saturated rings. The normalized spacial score (nSPS) is 14.4. The fourth-order valence-corrected chi connectivity index (χ4v) is 3.06. The van der Waals surface area contributed by atoms with Gasteiger partial charge in [-0.15, -0.1) is 0 Å². The first-order valence-electron chi connectivity index (χ1n) is 8.13. The second-order valence-electron chi connectivity index (χ2n) is 6.23. The highest BCUT2D eigenvalue weighted by Gasteiger charge is 2.26. The molecule has 1 aliphatic rings. The van der Waals surface area contributed by atoms with Crippen molar-refractivity contribution in [2.75, 3.05) is 0 Å². The van der Waals surface area contributed by atoms with Crippen molar-refractivity contribution in [1.82, 2.24) is 29.9 Å². The number of aromatic nitrogens is 6. The minimum absolute atomic E-state index is 0.628. The van der Waals surface area contributed by atoms with E-state index in [2.05, 4.69) is 43.5 Å². The molecule has 3 aromatic heterocycles. The van der Waals surface area contributed by atoms with Crippen LogP contribution in [0.15, 0.2) is 42.6 Å². The van der Waals surface area contributed by atoms with Gasteiger partial charge >= 0.3 is 0 Å². The fourth-order valence-electron chi connectivity index (χ4n) is 3.06. The third-order valence-corrected chi connectivity index (χ3v) is 4.40. The molecular formula is C18H16N6. The Morgan fingerprint density at radius 3 is 2.92 bits per heavy atom. The molecule has 0 radical (unpaired) electrons. The minimum atomic E-state index is 0.628. The number of pyridine rings is 1. The van der Waals surface area contributed by atoms with Gasteiger partial charge in [0, 0.05) is 23.2 Å². The second-order valence-corrected chi connectivity index (χ2v) is 6.23. The smallest absolute Gasteiger partial charge is 0.183 e. The maximum atomic E-state index is 4.60. The number of hydrogen-bond acceptors (Lipinski definition) is 4. The van der Waals surface area contributed by atoms with E-state index in [9.17, 15) is 0 Å². The molecule has 4 aromatic rings. The standard InChI is InChI=1S/C18H16N6/c1-11-20-18(15-10-14(21-22-15)12-7-8-12)24(23-11)16-6-2-4-13-5-3-9-19-17(13)16/h2-6,9-10,12H,7-8H2,1H3,(H,21,22). The number of nitrogens with zero attached hydrogens (tertiary/aromatic N) is 5. The van der Waals surface area contributed by atoms with E-state index in [-0.39, 0.29) is 0 Å². The molecule has 0 atom stereocenters. The van der Waals surface area contributed by atoms with E-state index in [1.54, 1.807) is 6.20 Å².